The van der Waals surface area contributed by atoms with Crippen LogP contribution in [-0.4, -0.2) is 56.2 Å². The number of carbonyl (C=O) groups excluding carboxylic acids is 4. The first kappa shape index (κ1) is 36.7. The molecule has 0 heterocycles. The molecule has 0 aliphatic rings. The van der Waals surface area contributed by atoms with Crippen molar-refractivity contribution >= 4 is 24.2 Å². The van der Waals surface area contributed by atoms with E-state index < -0.39 is 29.9 Å². The summed E-state index contributed by atoms with van der Waals surface area (Å²) in [7, 11) is 1.21. The van der Waals surface area contributed by atoms with E-state index in [0.717, 1.165) is 0 Å². The molecule has 0 saturated carbocycles. The molecule has 1 aromatic carbocycles. The molecule has 42 heavy (non-hydrogen) atoms. The Labute approximate surface area is 249 Å². The molecule has 1 aromatic rings. The molecule has 0 aliphatic carbocycles. The van der Waals surface area contributed by atoms with E-state index in [4.69, 9.17) is 34.2 Å². The number of hydrogen-bond acceptors (Lipinski definition) is 11. The second-order valence-electron chi connectivity index (χ2n) is 13.4. The van der Waals surface area contributed by atoms with Crippen LogP contribution in [0.3, 0.4) is 0 Å². The SMILES string of the molecule is COC(=O)C(N)(Cc1ccc(OC(=O)OCC(C)(C)C)c(OC(=O)OCC(C)(C)C)c1)C[C@H](C)OC(=O)CCC(C)C. The quantitative estimate of drug-likeness (QED) is 0.163. The van der Waals surface area contributed by atoms with Crippen LogP contribution in [0.5, 0.6) is 11.5 Å². The number of carbonyl (C=O) groups is 4. The zero-order chi connectivity index (χ0) is 32.3. The molecule has 238 valence electrons. The van der Waals surface area contributed by atoms with Gasteiger partial charge in [0.15, 0.2) is 11.5 Å². The van der Waals surface area contributed by atoms with Gasteiger partial charge in [0.05, 0.1) is 20.3 Å². The molecule has 0 aliphatic heterocycles. The van der Waals surface area contributed by atoms with E-state index in [0.29, 0.717) is 17.9 Å². The number of esters is 2. The summed E-state index contributed by atoms with van der Waals surface area (Å²) in [6, 6.07) is 4.37. The average molecular weight is 596 g/mol. The molecule has 0 fully saturated rings. The van der Waals surface area contributed by atoms with Gasteiger partial charge in [0.2, 0.25) is 0 Å². The molecule has 1 unspecified atom stereocenters. The summed E-state index contributed by atoms with van der Waals surface area (Å²) in [5.74, 6) is -0.998. The molecular weight excluding hydrogens is 546 g/mol. The van der Waals surface area contributed by atoms with Crippen LogP contribution >= 0.6 is 0 Å². The van der Waals surface area contributed by atoms with Gasteiger partial charge in [-0.2, -0.15) is 0 Å². The van der Waals surface area contributed by atoms with Crippen LogP contribution in [0.4, 0.5) is 9.59 Å². The van der Waals surface area contributed by atoms with E-state index in [9.17, 15) is 19.2 Å². The molecule has 11 nitrogen and oxygen atoms in total. The van der Waals surface area contributed by atoms with Crippen molar-refractivity contribution in [2.45, 2.75) is 99.6 Å². The largest absolute Gasteiger partial charge is 0.513 e. The summed E-state index contributed by atoms with van der Waals surface area (Å²) < 4.78 is 31.5. The van der Waals surface area contributed by atoms with Crippen molar-refractivity contribution in [1.29, 1.82) is 0 Å². The predicted molar refractivity (Wildman–Crippen MR) is 156 cm³/mol. The molecule has 0 radical (unpaired) electrons. The maximum Gasteiger partial charge on any atom is 0.513 e. The number of methoxy groups -OCH3 is 1. The van der Waals surface area contributed by atoms with E-state index in [1.807, 2.05) is 55.4 Å². The standard InChI is InChI=1S/C31H49NO10/c1-20(2)11-14-25(33)40-21(3)16-31(32,26(34)37-10)17-22-12-13-23(41-27(35)38-18-29(4,5)6)24(15-22)42-28(36)39-19-30(7,8)9/h12-13,15,20-21H,11,14,16-19,32H2,1-10H3/t21-,31?/m0/s1. The maximum atomic E-state index is 12.8. The van der Waals surface area contributed by atoms with Crippen molar-refractivity contribution in [2.75, 3.05) is 20.3 Å². The Morgan fingerprint density at radius 2 is 1.36 bits per heavy atom. The molecule has 0 amide bonds. The van der Waals surface area contributed by atoms with Gasteiger partial charge in [-0.3, -0.25) is 9.59 Å². The monoisotopic (exact) mass is 595 g/mol. The van der Waals surface area contributed by atoms with E-state index in [-0.39, 0.29) is 60.8 Å². The Hall–Kier alpha value is -3.34. The van der Waals surface area contributed by atoms with Gasteiger partial charge in [0.1, 0.15) is 11.6 Å². The third-order valence-corrected chi connectivity index (χ3v) is 5.66. The van der Waals surface area contributed by atoms with Crippen LogP contribution in [0.15, 0.2) is 18.2 Å². The Balaban J connectivity index is 3.23. The number of nitrogens with two attached hydrogens (primary N) is 1. The Morgan fingerprint density at radius 1 is 0.833 bits per heavy atom. The van der Waals surface area contributed by atoms with E-state index in [1.165, 1.54) is 19.2 Å². The van der Waals surface area contributed by atoms with Crippen LogP contribution in [0.2, 0.25) is 0 Å². The lowest BCUT2D eigenvalue weighted by atomic mass is 9.86. The zero-order valence-corrected chi connectivity index (χ0v) is 26.8. The molecule has 11 heteroatoms. The highest BCUT2D eigenvalue weighted by Crippen LogP contribution is 2.32. The third-order valence-electron chi connectivity index (χ3n) is 5.66. The van der Waals surface area contributed by atoms with Crippen LogP contribution < -0.4 is 15.2 Å². The fourth-order valence-electron chi connectivity index (χ4n) is 3.66. The van der Waals surface area contributed by atoms with Crippen molar-refractivity contribution in [3.63, 3.8) is 0 Å². The average Bonchev–Trinajstić information content (AvgIpc) is 2.85. The minimum atomic E-state index is -1.59. The topological polar surface area (TPSA) is 150 Å². The highest BCUT2D eigenvalue weighted by molar-refractivity contribution is 5.81. The van der Waals surface area contributed by atoms with Crippen LogP contribution in [-0.2, 0) is 35.0 Å². The maximum absolute atomic E-state index is 12.8. The number of hydrogen-bond donors (Lipinski definition) is 1. The van der Waals surface area contributed by atoms with Crippen LogP contribution in [0.25, 0.3) is 0 Å². The fourth-order valence-corrected chi connectivity index (χ4v) is 3.66. The minimum Gasteiger partial charge on any atom is -0.468 e. The lowest BCUT2D eigenvalue weighted by Gasteiger charge is -2.29. The Kier molecular flexibility index (Phi) is 13.8. The van der Waals surface area contributed by atoms with Crippen molar-refractivity contribution in [2.24, 2.45) is 22.5 Å². The van der Waals surface area contributed by atoms with Gasteiger partial charge in [-0.1, -0.05) is 61.5 Å². The minimum absolute atomic E-state index is 0.0334. The van der Waals surface area contributed by atoms with Gasteiger partial charge in [-0.05, 0) is 47.8 Å². The second-order valence-corrected chi connectivity index (χ2v) is 13.4. The predicted octanol–water partition coefficient (Wildman–Crippen LogP) is 5.98. The molecule has 0 saturated heterocycles. The molecular formula is C31H49NO10. The van der Waals surface area contributed by atoms with E-state index >= 15 is 0 Å². The highest BCUT2D eigenvalue weighted by atomic mass is 16.7. The second kappa shape index (κ2) is 15.8. The van der Waals surface area contributed by atoms with Gasteiger partial charge in [0, 0.05) is 19.3 Å². The van der Waals surface area contributed by atoms with E-state index in [2.05, 4.69) is 0 Å². The van der Waals surface area contributed by atoms with Gasteiger partial charge in [-0.25, -0.2) is 9.59 Å². The smallest absolute Gasteiger partial charge is 0.468 e. The fraction of sp³-hybridized carbons (Fsp3) is 0.677. The molecule has 0 aromatic heterocycles. The first-order chi connectivity index (χ1) is 19.2. The summed E-state index contributed by atoms with van der Waals surface area (Å²) in [5.41, 5.74) is 4.78. The summed E-state index contributed by atoms with van der Waals surface area (Å²) in [4.78, 5) is 49.9. The highest BCUT2D eigenvalue weighted by Gasteiger charge is 2.38. The first-order valence-corrected chi connectivity index (χ1v) is 14.1. The first-order valence-electron chi connectivity index (χ1n) is 14.1. The van der Waals surface area contributed by atoms with Gasteiger partial charge in [-0.15, -0.1) is 0 Å². The van der Waals surface area contributed by atoms with Crippen molar-refractivity contribution < 1.29 is 47.6 Å². The number of ether oxygens (including phenoxy) is 6. The lowest BCUT2D eigenvalue weighted by molar-refractivity contribution is -0.155. The van der Waals surface area contributed by atoms with Crippen molar-refractivity contribution in [3.8, 4) is 11.5 Å². The van der Waals surface area contributed by atoms with Gasteiger partial charge >= 0.3 is 24.2 Å². The molecule has 2 N–H and O–H groups in total. The van der Waals surface area contributed by atoms with Gasteiger partial charge < -0.3 is 34.2 Å². The summed E-state index contributed by atoms with van der Waals surface area (Å²) in [6.45, 7) is 17.2. The molecule has 0 spiro atoms. The van der Waals surface area contributed by atoms with E-state index in [1.54, 1.807) is 13.0 Å². The van der Waals surface area contributed by atoms with Crippen LogP contribution in [0, 0.1) is 16.7 Å². The normalized spacial score (nSPS) is 13.9. The number of rotatable bonds is 13. The zero-order valence-electron chi connectivity index (χ0n) is 26.8. The van der Waals surface area contributed by atoms with Crippen LogP contribution in [0.1, 0.15) is 87.1 Å². The number of benzene rings is 1. The molecule has 2 atom stereocenters. The molecule has 0 bridgehead atoms. The molecule has 1 rings (SSSR count). The third kappa shape index (κ3) is 14.5. The van der Waals surface area contributed by atoms with Crippen molar-refractivity contribution in [3.05, 3.63) is 23.8 Å². The summed E-state index contributed by atoms with van der Waals surface area (Å²) >= 11 is 0. The van der Waals surface area contributed by atoms with Crippen molar-refractivity contribution in [1.82, 2.24) is 0 Å². The lowest BCUT2D eigenvalue weighted by Crippen LogP contribution is -2.53. The Morgan fingerprint density at radius 3 is 1.83 bits per heavy atom. The van der Waals surface area contributed by atoms with Gasteiger partial charge in [0.25, 0.3) is 0 Å². The Bertz CT molecular complexity index is 1070. The summed E-state index contributed by atoms with van der Waals surface area (Å²) in [5, 5.41) is 0. The summed E-state index contributed by atoms with van der Waals surface area (Å²) in [6.07, 6.45) is -1.86.